The average molecular weight is 691 g/mol. The molecule has 0 aromatic heterocycles. The van der Waals surface area contributed by atoms with Crippen LogP contribution >= 0.6 is 0 Å². The van der Waals surface area contributed by atoms with E-state index in [0.29, 0.717) is 59.7 Å². The molecule has 4 rings (SSSR count). The van der Waals surface area contributed by atoms with Crippen molar-refractivity contribution in [1.29, 1.82) is 0 Å². The second-order valence-corrected chi connectivity index (χ2v) is 12.8. The molecule has 6 N–H and O–H groups in total. The van der Waals surface area contributed by atoms with Crippen LogP contribution in [0.5, 0.6) is 5.75 Å². The summed E-state index contributed by atoms with van der Waals surface area (Å²) >= 11 is 0. The fraction of sp³-hybridized carbons (Fsp3) is 0.405. The number of aliphatic hydroxyl groups is 1. The summed E-state index contributed by atoms with van der Waals surface area (Å²) in [6.07, 6.45) is 1.92. The van der Waals surface area contributed by atoms with Crippen molar-refractivity contribution in [2.45, 2.75) is 64.5 Å². The number of urea groups is 1. The average Bonchev–Trinajstić information content (AvgIpc) is 3.13. The highest BCUT2D eigenvalue weighted by Crippen LogP contribution is 2.29. The van der Waals surface area contributed by atoms with Gasteiger partial charge in [-0.15, -0.1) is 0 Å². The third-order valence-electron chi connectivity index (χ3n) is 8.64. The third-order valence-corrected chi connectivity index (χ3v) is 8.64. The molecular formula is C37H47FN6O6. The number of anilines is 4. The molecule has 0 saturated carbocycles. The van der Waals surface area contributed by atoms with Gasteiger partial charge in [0.1, 0.15) is 17.7 Å². The number of halogens is 1. The smallest absolute Gasteiger partial charge is 0.321 e. The minimum Gasteiger partial charge on any atom is -0.488 e. The standard InChI is InChI=1S/C37H47FN6O6/c1-24-21-44(25(2)23-45)36(48)20-26-19-29(40-34(46)11-5-4-6-12-35(47)42-31-10-8-7-9-30(31)39)17-18-32(26)50-33(24)22-43(3)37(49)41-28-15-13-27(38)14-16-28/h7-10,13-19,24-25,33,45H,4-6,11-12,20-23,39H2,1-3H3,(H,40,46)(H,41,49)(H,42,47)/t24-,25-,33-/m0/s1. The molecule has 268 valence electrons. The zero-order valence-electron chi connectivity index (χ0n) is 28.8. The van der Waals surface area contributed by atoms with Crippen molar-refractivity contribution in [2.75, 3.05) is 48.4 Å². The molecule has 13 heteroatoms. The van der Waals surface area contributed by atoms with Gasteiger partial charge >= 0.3 is 6.03 Å². The number of unbranched alkanes of at least 4 members (excludes halogenated alkanes) is 2. The monoisotopic (exact) mass is 690 g/mol. The van der Waals surface area contributed by atoms with Gasteiger partial charge in [0.2, 0.25) is 17.7 Å². The summed E-state index contributed by atoms with van der Waals surface area (Å²) in [6, 6.07) is 16.8. The van der Waals surface area contributed by atoms with Crippen LogP contribution < -0.4 is 26.4 Å². The Balaban J connectivity index is 1.37. The lowest BCUT2D eigenvalue weighted by Gasteiger charge is -2.34. The summed E-state index contributed by atoms with van der Waals surface area (Å²) in [5.74, 6) is -0.724. The molecule has 12 nitrogen and oxygen atoms in total. The van der Waals surface area contributed by atoms with Gasteiger partial charge in [0.15, 0.2) is 0 Å². The number of nitrogens with two attached hydrogens (primary N) is 1. The predicted octanol–water partition coefficient (Wildman–Crippen LogP) is 5.25. The van der Waals surface area contributed by atoms with Crippen LogP contribution in [-0.2, 0) is 20.8 Å². The predicted molar refractivity (Wildman–Crippen MR) is 191 cm³/mol. The molecule has 3 aromatic carbocycles. The van der Waals surface area contributed by atoms with Crippen molar-refractivity contribution in [1.82, 2.24) is 9.80 Å². The zero-order valence-corrected chi connectivity index (χ0v) is 28.8. The maximum Gasteiger partial charge on any atom is 0.321 e. The zero-order chi connectivity index (χ0) is 36.2. The Morgan fingerprint density at radius 1 is 0.980 bits per heavy atom. The van der Waals surface area contributed by atoms with Crippen LogP contribution in [0.2, 0.25) is 0 Å². The Morgan fingerprint density at radius 2 is 1.64 bits per heavy atom. The molecule has 3 aromatic rings. The molecule has 0 fully saturated rings. The van der Waals surface area contributed by atoms with E-state index in [0.717, 1.165) is 0 Å². The van der Waals surface area contributed by atoms with Crippen LogP contribution in [0.3, 0.4) is 0 Å². The normalized spacial score (nSPS) is 16.5. The van der Waals surface area contributed by atoms with E-state index in [1.807, 2.05) is 6.92 Å². The summed E-state index contributed by atoms with van der Waals surface area (Å²) in [5.41, 5.74) is 8.47. The SMILES string of the molecule is C[C@H]1CN([C@@H](C)CO)C(=O)Cc2cc(NC(=O)CCCCCC(=O)Nc3ccccc3N)ccc2O[C@H]1CN(C)C(=O)Nc1ccc(F)cc1. The maximum absolute atomic E-state index is 13.5. The van der Waals surface area contributed by atoms with E-state index < -0.39 is 24.0 Å². The number of amides is 5. The van der Waals surface area contributed by atoms with Crippen molar-refractivity contribution < 1.29 is 33.4 Å². The van der Waals surface area contributed by atoms with Crippen LogP contribution in [0.25, 0.3) is 0 Å². The van der Waals surface area contributed by atoms with E-state index in [-0.39, 0.29) is 56.2 Å². The number of carbonyl (C=O) groups is 4. The summed E-state index contributed by atoms with van der Waals surface area (Å²) in [5, 5.41) is 18.4. The number of likely N-dealkylation sites (N-methyl/N-ethyl adjacent to an activating group) is 1. The van der Waals surface area contributed by atoms with Crippen molar-refractivity contribution in [3.63, 3.8) is 0 Å². The van der Waals surface area contributed by atoms with Gasteiger partial charge in [-0.1, -0.05) is 25.5 Å². The minimum absolute atomic E-state index is 0.0135. The van der Waals surface area contributed by atoms with E-state index >= 15 is 0 Å². The lowest BCUT2D eigenvalue weighted by Crippen LogP contribution is -2.48. The number of nitrogens with one attached hydrogen (secondary N) is 3. The molecule has 0 bridgehead atoms. The number of hydrogen-bond donors (Lipinski definition) is 5. The fourth-order valence-electron chi connectivity index (χ4n) is 5.63. The topological polar surface area (TPSA) is 166 Å². The van der Waals surface area contributed by atoms with Crippen molar-refractivity contribution in [3.05, 3.63) is 78.1 Å². The Bertz CT molecular complexity index is 1640. The van der Waals surface area contributed by atoms with Crippen LogP contribution in [0, 0.1) is 11.7 Å². The molecule has 5 amide bonds. The van der Waals surface area contributed by atoms with Gasteiger partial charge in [0.25, 0.3) is 0 Å². The largest absolute Gasteiger partial charge is 0.488 e. The first-order valence-electron chi connectivity index (χ1n) is 16.8. The van der Waals surface area contributed by atoms with Crippen molar-refractivity contribution >= 4 is 46.5 Å². The number of benzene rings is 3. The summed E-state index contributed by atoms with van der Waals surface area (Å²) in [7, 11) is 1.62. The van der Waals surface area contributed by atoms with E-state index in [1.54, 1.807) is 61.3 Å². The molecule has 0 unspecified atom stereocenters. The molecule has 0 saturated heterocycles. The summed E-state index contributed by atoms with van der Waals surface area (Å²) < 4.78 is 19.8. The van der Waals surface area contributed by atoms with E-state index in [1.165, 1.54) is 29.2 Å². The highest BCUT2D eigenvalue weighted by atomic mass is 19.1. The van der Waals surface area contributed by atoms with Crippen LogP contribution in [0.4, 0.5) is 31.9 Å². The van der Waals surface area contributed by atoms with Crippen molar-refractivity contribution in [3.8, 4) is 5.75 Å². The Hall–Kier alpha value is -5.17. The second kappa shape index (κ2) is 18.0. The molecule has 1 aliphatic heterocycles. The number of fused-ring (bicyclic) bond motifs is 1. The van der Waals surface area contributed by atoms with E-state index in [9.17, 15) is 28.7 Å². The van der Waals surface area contributed by atoms with Gasteiger partial charge in [-0.05, 0) is 74.4 Å². The molecule has 50 heavy (non-hydrogen) atoms. The van der Waals surface area contributed by atoms with Gasteiger partial charge in [-0.2, -0.15) is 0 Å². The highest BCUT2D eigenvalue weighted by molar-refractivity contribution is 5.94. The number of nitrogen functional groups attached to an aromatic ring is 1. The number of aliphatic hydroxyl groups excluding tert-OH is 1. The second-order valence-electron chi connectivity index (χ2n) is 12.8. The van der Waals surface area contributed by atoms with Gasteiger partial charge in [-0.3, -0.25) is 14.4 Å². The van der Waals surface area contributed by atoms with Gasteiger partial charge < -0.3 is 41.3 Å². The molecule has 1 heterocycles. The first-order valence-corrected chi connectivity index (χ1v) is 16.8. The molecule has 3 atom stereocenters. The van der Waals surface area contributed by atoms with E-state index in [2.05, 4.69) is 16.0 Å². The summed E-state index contributed by atoms with van der Waals surface area (Å²) in [4.78, 5) is 54.7. The maximum atomic E-state index is 13.5. The first-order chi connectivity index (χ1) is 23.9. The minimum atomic E-state index is -0.537. The third kappa shape index (κ3) is 10.9. The van der Waals surface area contributed by atoms with E-state index in [4.69, 9.17) is 10.5 Å². The summed E-state index contributed by atoms with van der Waals surface area (Å²) in [6.45, 7) is 3.93. The fourth-order valence-corrected chi connectivity index (χ4v) is 5.63. The molecule has 0 aliphatic carbocycles. The number of ether oxygens (including phenoxy) is 1. The Kier molecular flexibility index (Phi) is 13.6. The lowest BCUT2D eigenvalue weighted by atomic mass is 10.0. The lowest BCUT2D eigenvalue weighted by molar-refractivity contribution is -0.134. The van der Waals surface area contributed by atoms with Crippen LogP contribution in [0.15, 0.2) is 66.7 Å². The molecule has 1 aliphatic rings. The number of carbonyl (C=O) groups excluding carboxylic acids is 4. The Labute approximate surface area is 292 Å². The number of para-hydroxylation sites is 2. The first kappa shape index (κ1) is 37.6. The van der Waals surface area contributed by atoms with Gasteiger partial charge in [0.05, 0.1) is 37.0 Å². The van der Waals surface area contributed by atoms with Crippen LogP contribution in [0.1, 0.15) is 51.5 Å². The van der Waals surface area contributed by atoms with Crippen LogP contribution in [-0.4, -0.2) is 77.5 Å². The number of rotatable bonds is 13. The molecule has 0 spiro atoms. The van der Waals surface area contributed by atoms with Gasteiger partial charge in [-0.25, -0.2) is 9.18 Å². The number of hydrogen-bond acceptors (Lipinski definition) is 7. The number of nitrogens with zero attached hydrogens (tertiary/aromatic N) is 2. The Morgan fingerprint density at radius 3 is 2.32 bits per heavy atom. The molecule has 0 radical (unpaired) electrons. The quantitative estimate of drug-likeness (QED) is 0.121. The van der Waals surface area contributed by atoms with Gasteiger partial charge in [0, 0.05) is 49.3 Å². The molecular weight excluding hydrogens is 643 g/mol. The van der Waals surface area contributed by atoms with Crippen molar-refractivity contribution in [2.24, 2.45) is 5.92 Å². The highest BCUT2D eigenvalue weighted by Gasteiger charge is 2.32.